The number of carbonyl (C=O) groups is 1. The maximum atomic E-state index is 12.0. The largest absolute Gasteiger partial charge is 0.389 e. The summed E-state index contributed by atoms with van der Waals surface area (Å²) in [5.74, 6) is -0.338. The highest BCUT2D eigenvalue weighted by Crippen LogP contribution is 2.21. The van der Waals surface area contributed by atoms with Crippen molar-refractivity contribution in [2.45, 2.75) is 0 Å². The van der Waals surface area contributed by atoms with Gasteiger partial charge in [0.05, 0.1) is 23.6 Å². The maximum absolute atomic E-state index is 12.0. The second kappa shape index (κ2) is 5.73. The molecule has 5 nitrogen and oxygen atoms in total. The van der Waals surface area contributed by atoms with Crippen molar-refractivity contribution in [2.24, 2.45) is 5.73 Å². The number of carbonyl (C=O) groups excluding carboxylic acids is 1. The predicted octanol–water partition coefficient (Wildman–Crippen LogP) is 2.02. The van der Waals surface area contributed by atoms with Crippen molar-refractivity contribution in [3.05, 3.63) is 52.8 Å². The molecule has 1 aromatic heterocycles. The highest BCUT2D eigenvalue weighted by Gasteiger charge is 2.11. The summed E-state index contributed by atoms with van der Waals surface area (Å²) >= 11 is 10.8. The van der Waals surface area contributed by atoms with Crippen LogP contribution in [0.5, 0.6) is 0 Å². The second-order valence-electron chi connectivity index (χ2n) is 3.64. The molecule has 0 saturated heterocycles. The van der Waals surface area contributed by atoms with Crippen LogP contribution in [0.1, 0.15) is 15.9 Å². The van der Waals surface area contributed by atoms with Crippen molar-refractivity contribution in [2.75, 3.05) is 5.32 Å². The van der Waals surface area contributed by atoms with Crippen molar-refractivity contribution in [1.82, 2.24) is 10.2 Å². The number of hydrogen-bond donors (Lipinski definition) is 2. The van der Waals surface area contributed by atoms with Crippen molar-refractivity contribution < 1.29 is 4.79 Å². The van der Waals surface area contributed by atoms with E-state index in [0.717, 1.165) is 0 Å². The van der Waals surface area contributed by atoms with Gasteiger partial charge in [-0.2, -0.15) is 10.2 Å². The van der Waals surface area contributed by atoms with Gasteiger partial charge in [-0.15, -0.1) is 0 Å². The van der Waals surface area contributed by atoms with E-state index in [-0.39, 0.29) is 10.9 Å². The number of hydrogen-bond acceptors (Lipinski definition) is 4. The Labute approximate surface area is 119 Å². The summed E-state index contributed by atoms with van der Waals surface area (Å²) < 4.78 is 0. The lowest BCUT2D eigenvalue weighted by Crippen LogP contribution is -2.17. The Hall–Kier alpha value is -2.05. The van der Waals surface area contributed by atoms with Crippen LogP contribution in [-0.2, 0) is 0 Å². The molecule has 0 bridgehead atoms. The van der Waals surface area contributed by atoms with Crippen LogP contribution < -0.4 is 11.1 Å². The van der Waals surface area contributed by atoms with E-state index >= 15 is 0 Å². The zero-order valence-corrected chi connectivity index (χ0v) is 11.2. The van der Waals surface area contributed by atoms with Crippen LogP contribution in [0, 0.1) is 0 Å². The van der Waals surface area contributed by atoms with E-state index in [1.807, 2.05) is 0 Å². The van der Waals surface area contributed by atoms with Crippen LogP contribution in [0.3, 0.4) is 0 Å². The summed E-state index contributed by atoms with van der Waals surface area (Å²) in [6.07, 6.45) is 2.79. The lowest BCUT2D eigenvalue weighted by Gasteiger charge is -2.10. The third-order valence-corrected chi connectivity index (χ3v) is 2.80. The van der Waals surface area contributed by atoms with Gasteiger partial charge in [-0.1, -0.05) is 23.8 Å². The Balaban J connectivity index is 2.31. The molecule has 96 valence electrons. The van der Waals surface area contributed by atoms with E-state index in [9.17, 15) is 4.79 Å². The lowest BCUT2D eigenvalue weighted by atomic mass is 10.1. The standard InChI is InChI=1S/C12H9ClN4OS/c13-8-1-2-9(11(14)19)10(5-8)17-12(18)7-3-4-15-16-6-7/h1-6H,(H2,14,19)(H,17,18). The number of amides is 1. The Bertz CT molecular complexity index is 633. The zero-order valence-electron chi connectivity index (χ0n) is 9.63. The molecule has 0 spiro atoms. The molecule has 0 radical (unpaired) electrons. The Kier molecular flexibility index (Phi) is 4.03. The smallest absolute Gasteiger partial charge is 0.257 e. The van der Waals surface area contributed by atoms with Crippen molar-refractivity contribution in [3.63, 3.8) is 0 Å². The third-order valence-electron chi connectivity index (χ3n) is 2.34. The minimum absolute atomic E-state index is 0.180. The first-order chi connectivity index (χ1) is 9.08. The summed E-state index contributed by atoms with van der Waals surface area (Å²) in [7, 11) is 0. The average molecular weight is 293 g/mol. The van der Waals surface area contributed by atoms with Gasteiger partial charge in [0, 0.05) is 10.6 Å². The summed E-state index contributed by atoms with van der Waals surface area (Å²) in [4.78, 5) is 12.2. The molecule has 3 N–H and O–H groups in total. The van der Waals surface area contributed by atoms with Gasteiger partial charge in [0.1, 0.15) is 4.99 Å². The Morgan fingerprint density at radius 1 is 1.32 bits per heavy atom. The zero-order chi connectivity index (χ0) is 13.8. The topological polar surface area (TPSA) is 80.9 Å². The van der Waals surface area contributed by atoms with Crippen molar-refractivity contribution in [3.8, 4) is 0 Å². The highest BCUT2D eigenvalue weighted by atomic mass is 35.5. The average Bonchev–Trinajstić information content (AvgIpc) is 2.39. The molecule has 2 aromatic rings. The molecule has 0 atom stereocenters. The third kappa shape index (κ3) is 3.24. The number of rotatable bonds is 3. The fraction of sp³-hybridized carbons (Fsp3) is 0. The van der Waals surface area contributed by atoms with E-state index in [0.29, 0.717) is 21.8 Å². The fourth-order valence-corrected chi connectivity index (χ4v) is 1.80. The SMILES string of the molecule is NC(=S)c1ccc(Cl)cc1NC(=O)c1ccnnc1. The van der Waals surface area contributed by atoms with Crippen LogP contribution in [0.15, 0.2) is 36.7 Å². The van der Waals surface area contributed by atoms with E-state index in [4.69, 9.17) is 29.6 Å². The fourth-order valence-electron chi connectivity index (χ4n) is 1.45. The van der Waals surface area contributed by atoms with E-state index in [1.54, 1.807) is 24.3 Å². The Morgan fingerprint density at radius 3 is 2.74 bits per heavy atom. The minimum atomic E-state index is -0.338. The predicted molar refractivity (Wildman–Crippen MR) is 77.3 cm³/mol. The van der Waals surface area contributed by atoms with Crippen LogP contribution >= 0.6 is 23.8 Å². The Morgan fingerprint density at radius 2 is 2.11 bits per heavy atom. The number of benzene rings is 1. The molecule has 1 aromatic carbocycles. The van der Waals surface area contributed by atoms with Gasteiger partial charge in [-0.25, -0.2) is 0 Å². The number of anilines is 1. The molecule has 1 amide bonds. The summed E-state index contributed by atoms with van der Waals surface area (Å²) in [6.45, 7) is 0. The second-order valence-corrected chi connectivity index (χ2v) is 4.52. The van der Waals surface area contributed by atoms with Crippen LogP contribution in [0.4, 0.5) is 5.69 Å². The number of nitrogens with zero attached hydrogens (tertiary/aromatic N) is 2. The molecular formula is C12H9ClN4OS. The molecule has 7 heteroatoms. The van der Waals surface area contributed by atoms with Crippen LogP contribution in [-0.4, -0.2) is 21.1 Å². The van der Waals surface area contributed by atoms with Crippen molar-refractivity contribution in [1.29, 1.82) is 0 Å². The quantitative estimate of drug-likeness (QED) is 0.846. The molecule has 19 heavy (non-hydrogen) atoms. The van der Waals surface area contributed by atoms with Gasteiger partial charge in [-0.3, -0.25) is 4.79 Å². The van der Waals surface area contributed by atoms with Crippen LogP contribution in [0.2, 0.25) is 5.02 Å². The number of halogens is 1. The van der Waals surface area contributed by atoms with Gasteiger partial charge in [0.25, 0.3) is 5.91 Å². The maximum Gasteiger partial charge on any atom is 0.257 e. The molecule has 1 heterocycles. The minimum Gasteiger partial charge on any atom is -0.389 e. The molecular weight excluding hydrogens is 284 g/mol. The molecule has 0 aliphatic heterocycles. The van der Waals surface area contributed by atoms with Crippen LogP contribution in [0.25, 0.3) is 0 Å². The summed E-state index contributed by atoms with van der Waals surface area (Å²) in [5, 5.41) is 10.4. The first-order valence-electron chi connectivity index (χ1n) is 5.25. The van der Waals surface area contributed by atoms with E-state index in [1.165, 1.54) is 12.4 Å². The molecule has 0 fully saturated rings. The molecule has 2 rings (SSSR count). The van der Waals surface area contributed by atoms with E-state index < -0.39 is 0 Å². The van der Waals surface area contributed by atoms with E-state index in [2.05, 4.69) is 15.5 Å². The molecule has 0 unspecified atom stereocenters. The summed E-state index contributed by atoms with van der Waals surface area (Å²) in [6, 6.07) is 6.45. The number of nitrogens with one attached hydrogen (secondary N) is 1. The number of nitrogens with two attached hydrogens (primary N) is 1. The number of aromatic nitrogens is 2. The van der Waals surface area contributed by atoms with Gasteiger partial charge >= 0.3 is 0 Å². The molecule has 0 saturated carbocycles. The molecule has 0 aliphatic carbocycles. The van der Waals surface area contributed by atoms with Gasteiger partial charge in [0.15, 0.2) is 0 Å². The van der Waals surface area contributed by atoms with Gasteiger partial charge in [0.2, 0.25) is 0 Å². The lowest BCUT2D eigenvalue weighted by molar-refractivity contribution is 0.102. The first-order valence-corrected chi connectivity index (χ1v) is 6.04. The van der Waals surface area contributed by atoms with Crippen molar-refractivity contribution >= 4 is 40.4 Å². The normalized spacial score (nSPS) is 9.95. The molecule has 0 aliphatic rings. The first kappa shape index (κ1) is 13.4. The van der Waals surface area contributed by atoms with Gasteiger partial charge in [-0.05, 0) is 24.3 Å². The summed E-state index contributed by atoms with van der Waals surface area (Å²) in [5.41, 5.74) is 6.98. The van der Waals surface area contributed by atoms with Gasteiger partial charge < -0.3 is 11.1 Å². The highest BCUT2D eigenvalue weighted by molar-refractivity contribution is 7.80. The number of thiocarbonyl (C=S) groups is 1. The monoisotopic (exact) mass is 292 g/mol.